The lowest BCUT2D eigenvalue weighted by atomic mass is 10.2. The number of benzene rings is 1. The number of aliphatic imine (C=N–C) groups is 1. The van der Waals surface area contributed by atoms with Crippen molar-refractivity contribution in [3.05, 3.63) is 35.6 Å². The lowest BCUT2D eigenvalue weighted by Crippen LogP contribution is -2.45. The van der Waals surface area contributed by atoms with Gasteiger partial charge in [0.1, 0.15) is 5.82 Å². The van der Waals surface area contributed by atoms with E-state index in [-0.39, 0.29) is 11.9 Å². The number of rotatable bonds is 4. The predicted molar refractivity (Wildman–Crippen MR) is 79.8 cm³/mol. The van der Waals surface area contributed by atoms with Gasteiger partial charge in [0.2, 0.25) is 0 Å². The highest BCUT2D eigenvalue weighted by atomic mass is 19.1. The van der Waals surface area contributed by atoms with Crippen LogP contribution in [-0.2, 0) is 16.0 Å². The molecule has 1 aromatic carbocycles. The quantitative estimate of drug-likeness (QED) is 0.671. The second kappa shape index (κ2) is 7.95. The number of guanidine groups is 1. The van der Waals surface area contributed by atoms with Crippen LogP contribution < -0.4 is 5.32 Å². The van der Waals surface area contributed by atoms with Crippen LogP contribution in [0.5, 0.6) is 0 Å². The highest BCUT2D eigenvalue weighted by Gasteiger charge is 2.15. The maximum Gasteiger partial charge on any atom is 0.193 e. The highest BCUT2D eigenvalue weighted by Crippen LogP contribution is 2.06. The van der Waals surface area contributed by atoms with Crippen LogP contribution in [0.2, 0.25) is 0 Å². The summed E-state index contributed by atoms with van der Waals surface area (Å²) < 4.78 is 23.8. The summed E-state index contributed by atoms with van der Waals surface area (Å²) in [5.41, 5.74) is 1.03. The van der Waals surface area contributed by atoms with E-state index in [9.17, 15) is 4.39 Å². The Hall–Kier alpha value is -1.66. The summed E-state index contributed by atoms with van der Waals surface area (Å²) in [6, 6.07) is 6.48. The van der Waals surface area contributed by atoms with Crippen molar-refractivity contribution < 1.29 is 13.9 Å². The molecule has 0 aromatic heterocycles. The summed E-state index contributed by atoms with van der Waals surface area (Å²) in [7, 11) is 3.68. The molecule has 0 aliphatic carbocycles. The van der Waals surface area contributed by atoms with Crippen LogP contribution in [-0.4, -0.2) is 57.4 Å². The van der Waals surface area contributed by atoms with Gasteiger partial charge in [0.15, 0.2) is 5.96 Å². The predicted octanol–water partition coefficient (Wildman–Crippen LogP) is 1.25. The van der Waals surface area contributed by atoms with Gasteiger partial charge in [-0.3, -0.25) is 4.99 Å². The highest BCUT2D eigenvalue weighted by molar-refractivity contribution is 5.79. The average molecular weight is 295 g/mol. The molecule has 1 unspecified atom stereocenters. The molecule has 0 radical (unpaired) electrons. The fraction of sp³-hybridized carbons (Fsp3) is 0.533. The maximum absolute atomic E-state index is 12.9. The van der Waals surface area contributed by atoms with Gasteiger partial charge in [0.05, 0.1) is 25.9 Å². The van der Waals surface area contributed by atoms with Gasteiger partial charge in [-0.15, -0.1) is 0 Å². The van der Waals surface area contributed by atoms with Gasteiger partial charge in [-0.25, -0.2) is 4.39 Å². The molecule has 0 spiro atoms. The fourth-order valence-electron chi connectivity index (χ4n) is 2.18. The number of hydrogen-bond acceptors (Lipinski definition) is 3. The Morgan fingerprint density at radius 3 is 2.76 bits per heavy atom. The Morgan fingerprint density at radius 2 is 2.14 bits per heavy atom. The number of nitrogens with zero attached hydrogens (tertiary/aromatic N) is 2. The first-order valence-corrected chi connectivity index (χ1v) is 7.04. The Morgan fingerprint density at radius 1 is 1.38 bits per heavy atom. The van der Waals surface area contributed by atoms with E-state index in [1.165, 1.54) is 12.1 Å². The molecule has 2 rings (SSSR count). The van der Waals surface area contributed by atoms with E-state index >= 15 is 0 Å². The van der Waals surface area contributed by atoms with Crippen LogP contribution in [0.1, 0.15) is 5.56 Å². The third-order valence-electron chi connectivity index (χ3n) is 3.28. The van der Waals surface area contributed by atoms with Crippen LogP contribution in [0.3, 0.4) is 0 Å². The van der Waals surface area contributed by atoms with Gasteiger partial charge in [0, 0.05) is 27.2 Å². The normalized spacial score (nSPS) is 19.4. The summed E-state index contributed by atoms with van der Waals surface area (Å²) in [6.45, 7) is 3.21. The van der Waals surface area contributed by atoms with Crippen LogP contribution in [0.4, 0.5) is 4.39 Å². The third kappa shape index (κ3) is 4.99. The molecule has 1 aliphatic heterocycles. The van der Waals surface area contributed by atoms with Crippen LogP contribution in [0, 0.1) is 5.82 Å². The molecule has 0 saturated carbocycles. The second-order valence-electron chi connectivity index (χ2n) is 4.98. The Kier molecular flexibility index (Phi) is 5.95. The molecule has 1 N–H and O–H groups in total. The molecule has 1 atom stereocenters. The number of ether oxygens (including phenoxy) is 2. The van der Waals surface area contributed by atoms with Crippen molar-refractivity contribution in [3.8, 4) is 0 Å². The molecular weight excluding hydrogens is 273 g/mol. The summed E-state index contributed by atoms with van der Waals surface area (Å²) in [5.74, 6) is 0.548. The van der Waals surface area contributed by atoms with Crippen molar-refractivity contribution in [1.82, 2.24) is 10.2 Å². The average Bonchev–Trinajstić information content (AvgIpc) is 2.51. The standard InChI is InChI=1S/C15H22FN3O2/c1-17-15(18-9-14-11-20-7-8-21-14)19(2)10-12-3-5-13(16)6-4-12/h3-6,14H,7-11H2,1-2H3,(H,17,18). The molecule has 21 heavy (non-hydrogen) atoms. The molecule has 1 aromatic rings. The molecule has 5 nitrogen and oxygen atoms in total. The Labute approximate surface area is 124 Å². The molecule has 1 fully saturated rings. The maximum atomic E-state index is 12.9. The first-order valence-electron chi connectivity index (χ1n) is 7.04. The first kappa shape index (κ1) is 15.7. The lowest BCUT2D eigenvalue weighted by Gasteiger charge is -2.27. The number of nitrogens with one attached hydrogen (secondary N) is 1. The van der Waals surface area contributed by atoms with Gasteiger partial charge in [0.25, 0.3) is 0 Å². The van der Waals surface area contributed by atoms with Gasteiger partial charge in [-0.1, -0.05) is 12.1 Å². The molecule has 6 heteroatoms. The molecule has 0 amide bonds. The SMILES string of the molecule is CN=C(NCC1COCCO1)N(C)Cc1ccc(F)cc1. The van der Waals surface area contributed by atoms with Crippen molar-refractivity contribution in [1.29, 1.82) is 0 Å². The fourth-order valence-corrected chi connectivity index (χ4v) is 2.18. The number of hydrogen-bond donors (Lipinski definition) is 1. The monoisotopic (exact) mass is 295 g/mol. The van der Waals surface area contributed by atoms with Crippen molar-refractivity contribution in [2.45, 2.75) is 12.6 Å². The number of halogens is 1. The second-order valence-corrected chi connectivity index (χ2v) is 4.98. The minimum absolute atomic E-state index is 0.0507. The zero-order valence-electron chi connectivity index (χ0n) is 12.5. The van der Waals surface area contributed by atoms with Crippen LogP contribution in [0.25, 0.3) is 0 Å². The topological polar surface area (TPSA) is 46.1 Å². The molecule has 116 valence electrons. The van der Waals surface area contributed by atoms with E-state index in [0.29, 0.717) is 32.9 Å². The van der Waals surface area contributed by atoms with Gasteiger partial charge >= 0.3 is 0 Å². The minimum Gasteiger partial charge on any atom is -0.376 e. The summed E-state index contributed by atoms with van der Waals surface area (Å²) in [5, 5.41) is 3.27. The van der Waals surface area contributed by atoms with Crippen LogP contribution in [0.15, 0.2) is 29.3 Å². The van der Waals surface area contributed by atoms with Crippen molar-refractivity contribution in [2.24, 2.45) is 4.99 Å². The molecule has 1 heterocycles. The third-order valence-corrected chi connectivity index (χ3v) is 3.28. The van der Waals surface area contributed by atoms with E-state index in [0.717, 1.165) is 11.5 Å². The lowest BCUT2D eigenvalue weighted by molar-refractivity contribution is -0.0851. The van der Waals surface area contributed by atoms with E-state index in [4.69, 9.17) is 9.47 Å². The van der Waals surface area contributed by atoms with Gasteiger partial charge in [-0.2, -0.15) is 0 Å². The van der Waals surface area contributed by atoms with Crippen molar-refractivity contribution in [3.63, 3.8) is 0 Å². The first-order chi connectivity index (χ1) is 10.2. The van der Waals surface area contributed by atoms with E-state index in [2.05, 4.69) is 10.3 Å². The summed E-state index contributed by atoms with van der Waals surface area (Å²) >= 11 is 0. The van der Waals surface area contributed by atoms with Crippen molar-refractivity contribution in [2.75, 3.05) is 40.5 Å². The smallest absolute Gasteiger partial charge is 0.193 e. The molecular formula is C15H22FN3O2. The van der Waals surface area contributed by atoms with Gasteiger partial charge < -0.3 is 19.7 Å². The summed E-state index contributed by atoms with van der Waals surface area (Å²) in [4.78, 5) is 6.23. The zero-order valence-corrected chi connectivity index (χ0v) is 12.5. The molecule has 0 bridgehead atoms. The Bertz CT molecular complexity index is 458. The van der Waals surface area contributed by atoms with Gasteiger partial charge in [-0.05, 0) is 17.7 Å². The van der Waals surface area contributed by atoms with E-state index in [1.807, 2.05) is 11.9 Å². The largest absolute Gasteiger partial charge is 0.376 e. The molecule has 1 saturated heterocycles. The van der Waals surface area contributed by atoms with E-state index in [1.54, 1.807) is 19.2 Å². The zero-order chi connectivity index (χ0) is 15.1. The summed E-state index contributed by atoms with van der Waals surface area (Å²) in [6.07, 6.45) is 0.0507. The minimum atomic E-state index is -0.224. The van der Waals surface area contributed by atoms with Crippen LogP contribution >= 0.6 is 0 Å². The van der Waals surface area contributed by atoms with Crippen molar-refractivity contribution >= 4 is 5.96 Å². The Balaban J connectivity index is 1.83. The molecule has 1 aliphatic rings. The van der Waals surface area contributed by atoms with E-state index < -0.39 is 0 Å².